The van der Waals surface area contributed by atoms with Crippen LogP contribution in [0, 0.1) is 5.41 Å². The molecule has 84 valence electrons. The van der Waals surface area contributed by atoms with Gasteiger partial charge in [0.1, 0.15) is 0 Å². The van der Waals surface area contributed by atoms with E-state index in [0.717, 1.165) is 0 Å². The van der Waals surface area contributed by atoms with Gasteiger partial charge < -0.3 is 5.11 Å². The first-order valence-corrected chi connectivity index (χ1v) is 6.72. The van der Waals surface area contributed by atoms with Crippen LogP contribution >= 0.6 is 11.6 Å². The van der Waals surface area contributed by atoms with Gasteiger partial charge in [-0.1, -0.05) is 13.8 Å². The molecule has 0 bridgehead atoms. The lowest BCUT2D eigenvalue weighted by Crippen LogP contribution is -2.61. The van der Waals surface area contributed by atoms with Gasteiger partial charge in [-0.2, -0.15) is 0 Å². The number of nitrogens with one attached hydrogen (secondary N) is 1. The van der Waals surface area contributed by atoms with Gasteiger partial charge in [-0.25, -0.2) is 13.1 Å². The highest BCUT2D eigenvalue weighted by Crippen LogP contribution is 2.40. The first-order chi connectivity index (χ1) is 6.29. The SMILES string of the molecule is CC1(C)C(O)CC1NS(=O)(=O)CCCl. The average Bonchev–Trinajstić information content (AvgIpc) is 2.03. The van der Waals surface area contributed by atoms with Gasteiger partial charge in [0.2, 0.25) is 10.0 Å². The van der Waals surface area contributed by atoms with Crippen molar-refractivity contribution in [2.75, 3.05) is 11.6 Å². The largest absolute Gasteiger partial charge is 0.392 e. The molecule has 14 heavy (non-hydrogen) atoms. The van der Waals surface area contributed by atoms with Gasteiger partial charge in [0.05, 0.1) is 11.9 Å². The van der Waals surface area contributed by atoms with Crippen LogP contribution in [0.2, 0.25) is 0 Å². The summed E-state index contributed by atoms with van der Waals surface area (Å²) in [5, 5.41) is 9.41. The van der Waals surface area contributed by atoms with Gasteiger partial charge in [-0.05, 0) is 6.42 Å². The molecule has 2 N–H and O–H groups in total. The minimum Gasteiger partial charge on any atom is -0.392 e. The summed E-state index contributed by atoms with van der Waals surface area (Å²) in [4.78, 5) is 0. The zero-order chi connectivity index (χ0) is 11.0. The maximum Gasteiger partial charge on any atom is 0.213 e. The molecule has 1 rings (SSSR count). The highest BCUT2D eigenvalue weighted by molar-refractivity contribution is 7.89. The molecule has 1 aliphatic rings. The molecule has 4 nitrogen and oxygen atoms in total. The molecule has 2 unspecified atom stereocenters. The lowest BCUT2D eigenvalue weighted by Gasteiger charge is -2.49. The van der Waals surface area contributed by atoms with Gasteiger partial charge in [-0.3, -0.25) is 0 Å². The Morgan fingerprint density at radius 1 is 1.57 bits per heavy atom. The van der Waals surface area contributed by atoms with Gasteiger partial charge in [0.25, 0.3) is 0 Å². The number of hydrogen-bond donors (Lipinski definition) is 2. The molecular formula is C8H16ClNO3S. The van der Waals surface area contributed by atoms with E-state index in [1.807, 2.05) is 13.8 Å². The predicted octanol–water partition coefficient (Wildman–Crippen LogP) is 0.304. The molecule has 0 amide bonds. The van der Waals surface area contributed by atoms with Crippen LogP contribution in [0.5, 0.6) is 0 Å². The molecule has 1 saturated carbocycles. The molecule has 0 aromatic heterocycles. The Bertz CT molecular complexity index is 302. The summed E-state index contributed by atoms with van der Waals surface area (Å²) in [5.74, 6) is 0.0161. The zero-order valence-corrected chi connectivity index (χ0v) is 9.90. The summed E-state index contributed by atoms with van der Waals surface area (Å²) in [6, 6.07) is -0.175. The molecule has 0 heterocycles. The van der Waals surface area contributed by atoms with E-state index in [1.54, 1.807) is 0 Å². The van der Waals surface area contributed by atoms with Crippen LogP contribution in [-0.4, -0.2) is 37.3 Å². The third-order valence-electron chi connectivity index (χ3n) is 2.88. The maximum absolute atomic E-state index is 11.4. The molecule has 1 aliphatic carbocycles. The van der Waals surface area contributed by atoms with Gasteiger partial charge in [0, 0.05) is 17.3 Å². The Hall–Kier alpha value is 0.160. The fraction of sp³-hybridized carbons (Fsp3) is 1.00. The van der Waals surface area contributed by atoms with E-state index in [-0.39, 0.29) is 23.1 Å². The van der Waals surface area contributed by atoms with E-state index < -0.39 is 16.1 Å². The molecule has 0 spiro atoms. The van der Waals surface area contributed by atoms with Crippen molar-refractivity contribution in [2.45, 2.75) is 32.4 Å². The second-order valence-corrected chi connectivity index (χ2v) is 6.50. The first kappa shape index (κ1) is 12.2. The normalized spacial score (nSPS) is 31.1. The van der Waals surface area contributed by atoms with E-state index in [9.17, 15) is 13.5 Å². The number of hydrogen-bond acceptors (Lipinski definition) is 3. The average molecular weight is 242 g/mol. The fourth-order valence-corrected chi connectivity index (χ4v) is 3.24. The van der Waals surface area contributed by atoms with Crippen LogP contribution in [0.4, 0.5) is 0 Å². The Labute approximate surface area is 89.7 Å². The van der Waals surface area contributed by atoms with E-state index in [4.69, 9.17) is 11.6 Å². The van der Waals surface area contributed by atoms with Crippen LogP contribution in [0.15, 0.2) is 0 Å². The molecule has 2 atom stereocenters. The minimum absolute atomic E-state index is 0.0722. The lowest BCUT2D eigenvalue weighted by molar-refractivity contribution is -0.0645. The summed E-state index contributed by atoms with van der Waals surface area (Å²) in [6.07, 6.45) is 0.0559. The third-order valence-corrected chi connectivity index (χ3v) is 4.68. The number of alkyl halides is 1. The highest BCUT2D eigenvalue weighted by atomic mass is 35.5. The molecule has 0 aliphatic heterocycles. The van der Waals surface area contributed by atoms with Crippen LogP contribution in [0.1, 0.15) is 20.3 Å². The van der Waals surface area contributed by atoms with E-state index >= 15 is 0 Å². The number of aliphatic hydroxyl groups is 1. The van der Waals surface area contributed by atoms with E-state index in [2.05, 4.69) is 4.72 Å². The van der Waals surface area contributed by atoms with Crippen molar-refractivity contribution in [3.63, 3.8) is 0 Å². The van der Waals surface area contributed by atoms with Crippen molar-refractivity contribution >= 4 is 21.6 Å². The Morgan fingerprint density at radius 2 is 2.14 bits per heavy atom. The molecule has 0 aromatic rings. The molecule has 6 heteroatoms. The first-order valence-electron chi connectivity index (χ1n) is 4.53. The van der Waals surface area contributed by atoms with Crippen molar-refractivity contribution < 1.29 is 13.5 Å². The van der Waals surface area contributed by atoms with Crippen LogP contribution in [0.25, 0.3) is 0 Å². The maximum atomic E-state index is 11.4. The van der Waals surface area contributed by atoms with Crippen molar-refractivity contribution in [2.24, 2.45) is 5.41 Å². The number of halogens is 1. The monoisotopic (exact) mass is 241 g/mol. The summed E-state index contributed by atoms with van der Waals surface area (Å²) in [5.41, 5.74) is -0.376. The van der Waals surface area contributed by atoms with Crippen LogP contribution in [0.3, 0.4) is 0 Å². The quantitative estimate of drug-likeness (QED) is 0.696. The summed E-state index contributed by atoms with van der Waals surface area (Å²) >= 11 is 5.36. The smallest absolute Gasteiger partial charge is 0.213 e. The third kappa shape index (κ3) is 2.39. The lowest BCUT2D eigenvalue weighted by atomic mass is 9.65. The second kappa shape index (κ2) is 3.96. The fourth-order valence-electron chi connectivity index (χ4n) is 1.48. The molecular weight excluding hydrogens is 226 g/mol. The van der Waals surface area contributed by atoms with Crippen LogP contribution < -0.4 is 4.72 Å². The summed E-state index contributed by atoms with van der Waals surface area (Å²) in [7, 11) is -3.28. The van der Waals surface area contributed by atoms with Crippen molar-refractivity contribution in [3.8, 4) is 0 Å². The number of rotatable bonds is 4. The van der Waals surface area contributed by atoms with Gasteiger partial charge >= 0.3 is 0 Å². The van der Waals surface area contributed by atoms with E-state index in [0.29, 0.717) is 6.42 Å². The van der Waals surface area contributed by atoms with Gasteiger partial charge in [0.15, 0.2) is 0 Å². The van der Waals surface area contributed by atoms with Crippen molar-refractivity contribution in [1.29, 1.82) is 0 Å². The zero-order valence-electron chi connectivity index (χ0n) is 8.33. The standard InChI is InChI=1S/C8H16ClNO3S/c1-8(2)6(5-7(8)11)10-14(12,13)4-3-9/h6-7,10-11H,3-5H2,1-2H3. The molecule has 0 radical (unpaired) electrons. The topological polar surface area (TPSA) is 66.4 Å². The van der Waals surface area contributed by atoms with Crippen molar-refractivity contribution in [1.82, 2.24) is 4.72 Å². The van der Waals surface area contributed by atoms with Crippen LogP contribution in [-0.2, 0) is 10.0 Å². The molecule has 0 aromatic carbocycles. The molecule has 0 saturated heterocycles. The summed E-state index contributed by atoms with van der Waals surface area (Å²) in [6.45, 7) is 3.68. The van der Waals surface area contributed by atoms with Crippen molar-refractivity contribution in [3.05, 3.63) is 0 Å². The minimum atomic E-state index is -3.28. The Kier molecular flexibility index (Phi) is 3.46. The predicted molar refractivity (Wildman–Crippen MR) is 55.8 cm³/mol. The Balaban J connectivity index is 2.56. The number of sulfonamides is 1. The highest BCUT2D eigenvalue weighted by Gasteiger charge is 2.48. The van der Waals surface area contributed by atoms with E-state index in [1.165, 1.54) is 0 Å². The van der Waals surface area contributed by atoms with Gasteiger partial charge in [-0.15, -0.1) is 11.6 Å². The number of aliphatic hydroxyl groups excluding tert-OH is 1. The summed E-state index contributed by atoms with van der Waals surface area (Å²) < 4.78 is 25.2. The molecule has 1 fully saturated rings. The second-order valence-electron chi connectivity index (χ2n) is 4.25. The Morgan fingerprint density at radius 3 is 2.50 bits per heavy atom.